The Bertz CT molecular complexity index is 1080. The molecule has 0 bridgehead atoms. The minimum atomic E-state index is -5.32. The lowest BCUT2D eigenvalue weighted by Crippen LogP contribution is -2.72. The number of rotatable bonds is 3. The highest BCUT2D eigenvalue weighted by molar-refractivity contribution is 7.92. The number of amides is 3. The first-order valence-corrected chi connectivity index (χ1v) is 12.6. The van der Waals surface area contributed by atoms with Crippen LogP contribution >= 0.6 is 0 Å². The minimum Gasteiger partial charge on any atom is -0.347 e. The van der Waals surface area contributed by atoms with E-state index < -0.39 is 20.2 Å². The fourth-order valence-corrected chi connectivity index (χ4v) is 6.75. The van der Waals surface area contributed by atoms with Crippen LogP contribution in [0.3, 0.4) is 0 Å². The Labute approximate surface area is 190 Å². The van der Waals surface area contributed by atoms with Crippen molar-refractivity contribution >= 4 is 21.8 Å². The lowest BCUT2D eigenvalue weighted by atomic mass is 9.77. The standard InChI is InChI=1S/C22H26F3N3O4S/c23-22(24,25)33(31,32)17-3-1-15(2-4-17)9-16-5-7-20(10-16)11-27(12-20)19(30)28-13-21(14-28)8-6-18(29)26-21/h1-4,16H,5-14H2,(H,26,29)/t16-/m1/s1. The van der Waals surface area contributed by atoms with Gasteiger partial charge >= 0.3 is 11.5 Å². The van der Waals surface area contributed by atoms with Crippen LogP contribution in [-0.2, 0) is 21.1 Å². The summed E-state index contributed by atoms with van der Waals surface area (Å²) in [6.07, 6.45) is 4.91. The highest BCUT2D eigenvalue weighted by Crippen LogP contribution is 2.49. The molecule has 11 heteroatoms. The molecule has 33 heavy (non-hydrogen) atoms. The van der Waals surface area contributed by atoms with Crippen LogP contribution in [0.4, 0.5) is 18.0 Å². The van der Waals surface area contributed by atoms with Crippen molar-refractivity contribution in [1.82, 2.24) is 15.1 Å². The molecule has 3 heterocycles. The SMILES string of the molecule is O=C1CCC2(CN(C(=O)N3CC4(CC[C@H](Cc5ccc(S(=O)(=O)C(F)(F)F)cc5)C4)C3)C2)N1. The summed E-state index contributed by atoms with van der Waals surface area (Å²) in [6.45, 7) is 2.56. The van der Waals surface area contributed by atoms with Gasteiger partial charge in [-0.25, -0.2) is 13.2 Å². The molecule has 1 saturated carbocycles. The first-order chi connectivity index (χ1) is 15.4. The van der Waals surface area contributed by atoms with Gasteiger partial charge in [0.25, 0.3) is 9.84 Å². The fourth-order valence-electron chi connectivity index (χ4n) is 5.99. The topological polar surface area (TPSA) is 86.8 Å². The van der Waals surface area contributed by atoms with Crippen LogP contribution in [0.1, 0.15) is 37.7 Å². The van der Waals surface area contributed by atoms with Crippen LogP contribution in [-0.4, -0.2) is 67.4 Å². The van der Waals surface area contributed by atoms with Gasteiger partial charge in [0.05, 0.1) is 10.4 Å². The quantitative estimate of drug-likeness (QED) is 0.713. The third kappa shape index (κ3) is 3.87. The molecule has 2 spiro atoms. The second-order valence-corrected chi connectivity index (χ2v) is 12.2. The Hall–Kier alpha value is -2.30. The summed E-state index contributed by atoms with van der Waals surface area (Å²) in [5.74, 6) is 0.409. The average Bonchev–Trinajstić information content (AvgIpc) is 3.29. The molecule has 4 aliphatic rings. The number of alkyl halides is 3. The maximum Gasteiger partial charge on any atom is 0.501 e. The van der Waals surface area contributed by atoms with Gasteiger partial charge in [0.15, 0.2) is 0 Å². The van der Waals surface area contributed by atoms with Crippen LogP contribution in [0.5, 0.6) is 0 Å². The van der Waals surface area contributed by atoms with E-state index in [1.54, 1.807) is 4.90 Å². The highest BCUT2D eigenvalue weighted by atomic mass is 32.2. The molecule has 0 unspecified atom stereocenters. The average molecular weight is 486 g/mol. The molecule has 1 aromatic carbocycles. The third-order valence-corrected chi connectivity index (χ3v) is 9.19. The van der Waals surface area contributed by atoms with Gasteiger partial charge in [0, 0.05) is 38.0 Å². The van der Waals surface area contributed by atoms with E-state index in [1.807, 2.05) is 4.90 Å². The summed E-state index contributed by atoms with van der Waals surface area (Å²) < 4.78 is 61.1. The van der Waals surface area contributed by atoms with Gasteiger partial charge in [-0.05, 0) is 55.7 Å². The Morgan fingerprint density at radius 3 is 2.27 bits per heavy atom. The molecule has 1 aliphatic carbocycles. The zero-order valence-corrected chi connectivity index (χ0v) is 18.8. The largest absolute Gasteiger partial charge is 0.501 e. The fraction of sp³-hybridized carbons (Fsp3) is 0.636. The summed E-state index contributed by atoms with van der Waals surface area (Å²) >= 11 is 0. The molecule has 1 atom stereocenters. The lowest BCUT2D eigenvalue weighted by molar-refractivity contribution is -0.120. The molecule has 0 aromatic heterocycles. The van der Waals surface area contributed by atoms with Crippen LogP contribution in [0.15, 0.2) is 29.2 Å². The number of nitrogens with one attached hydrogen (secondary N) is 1. The minimum absolute atomic E-state index is 0.0253. The summed E-state index contributed by atoms with van der Waals surface area (Å²) in [7, 11) is -5.32. The summed E-state index contributed by atoms with van der Waals surface area (Å²) in [5.41, 5.74) is -4.61. The number of carbonyl (C=O) groups excluding carboxylic acids is 2. The highest BCUT2D eigenvalue weighted by Gasteiger charge is 2.54. The number of nitrogens with zero attached hydrogens (tertiary/aromatic N) is 2. The zero-order valence-electron chi connectivity index (χ0n) is 18.0. The zero-order chi connectivity index (χ0) is 23.6. The number of hydrogen-bond donors (Lipinski definition) is 1. The van der Waals surface area contributed by atoms with E-state index in [-0.39, 0.29) is 22.9 Å². The maximum absolute atomic E-state index is 12.7. The Morgan fingerprint density at radius 2 is 1.70 bits per heavy atom. The lowest BCUT2D eigenvalue weighted by Gasteiger charge is -2.54. The van der Waals surface area contributed by atoms with Crippen molar-refractivity contribution in [2.24, 2.45) is 11.3 Å². The number of halogens is 3. The maximum atomic E-state index is 12.7. The van der Waals surface area contributed by atoms with Gasteiger partial charge in [-0.2, -0.15) is 13.2 Å². The Kier molecular flexibility index (Phi) is 5.01. The Morgan fingerprint density at radius 1 is 1.06 bits per heavy atom. The number of urea groups is 1. The normalized spacial score (nSPS) is 25.8. The number of benzene rings is 1. The van der Waals surface area contributed by atoms with Crippen LogP contribution < -0.4 is 5.32 Å². The third-order valence-electron chi connectivity index (χ3n) is 7.68. The van der Waals surface area contributed by atoms with Crippen molar-refractivity contribution < 1.29 is 31.2 Å². The number of sulfone groups is 1. The van der Waals surface area contributed by atoms with Crippen LogP contribution in [0, 0.1) is 11.3 Å². The monoisotopic (exact) mass is 485 g/mol. The number of hydrogen-bond acceptors (Lipinski definition) is 4. The molecular formula is C22H26F3N3O4S. The molecule has 180 valence electrons. The van der Waals surface area contributed by atoms with E-state index in [1.165, 1.54) is 12.1 Å². The second-order valence-electron chi connectivity index (χ2n) is 10.2. The number of carbonyl (C=O) groups is 2. The van der Waals surface area contributed by atoms with E-state index in [2.05, 4.69) is 5.32 Å². The van der Waals surface area contributed by atoms with Gasteiger partial charge in [-0.15, -0.1) is 0 Å². The Balaban J connectivity index is 1.11. The van der Waals surface area contributed by atoms with Gasteiger partial charge in [0.2, 0.25) is 5.91 Å². The smallest absolute Gasteiger partial charge is 0.347 e. The summed E-state index contributed by atoms with van der Waals surface area (Å²) in [4.78, 5) is 27.1. The van der Waals surface area contributed by atoms with E-state index in [4.69, 9.17) is 0 Å². The van der Waals surface area contributed by atoms with Gasteiger partial charge in [-0.1, -0.05) is 12.1 Å². The van der Waals surface area contributed by atoms with E-state index in [0.717, 1.165) is 43.4 Å². The molecule has 3 aliphatic heterocycles. The van der Waals surface area contributed by atoms with Crippen molar-refractivity contribution in [2.45, 2.75) is 54.5 Å². The summed E-state index contributed by atoms with van der Waals surface area (Å²) in [6, 6.07) is 5.00. The second kappa shape index (κ2) is 7.35. The van der Waals surface area contributed by atoms with E-state index in [9.17, 15) is 31.2 Å². The van der Waals surface area contributed by atoms with Crippen molar-refractivity contribution in [1.29, 1.82) is 0 Å². The molecule has 5 rings (SSSR count). The molecule has 3 amide bonds. The predicted molar refractivity (Wildman–Crippen MR) is 112 cm³/mol. The van der Waals surface area contributed by atoms with Gasteiger partial charge in [-0.3, -0.25) is 4.79 Å². The van der Waals surface area contributed by atoms with Crippen LogP contribution in [0.25, 0.3) is 0 Å². The molecule has 4 fully saturated rings. The molecule has 3 saturated heterocycles. The first kappa shape index (κ1) is 22.5. The van der Waals surface area contributed by atoms with Crippen molar-refractivity contribution in [3.63, 3.8) is 0 Å². The molecule has 1 N–H and O–H groups in total. The summed E-state index contributed by atoms with van der Waals surface area (Å²) in [5, 5.41) is 2.98. The molecule has 1 aromatic rings. The predicted octanol–water partition coefficient (Wildman–Crippen LogP) is 2.71. The first-order valence-electron chi connectivity index (χ1n) is 11.2. The van der Waals surface area contributed by atoms with E-state index in [0.29, 0.717) is 44.9 Å². The number of likely N-dealkylation sites (tertiary alicyclic amines) is 2. The van der Waals surface area contributed by atoms with Crippen molar-refractivity contribution in [3.8, 4) is 0 Å². The molecule has 7 nitrogen and oxygen atoms in total. The van der Waals surface area contributed by atoms with Crippen molar-refractivity contribution in [3.05, 3.63) is 29.8 Å². The van der Waals surface area contributed by atoms with Gasteiger partial charge < -0.3 is 15.1 Å². The van der Waals surface area contributed by atoms with E-state index >= 15 is 0 Å². The molecule has 0 radical (unpaired) electrons. The molecular weight excluding hydrogens is 459 g/mol. The van der Waals surface area contributed by atoms with Gasteiger partial charge in [0.1, 0.15) is 0 Å². The van der Waals surface area contributed by atoms with Crippen molar-refractivity contribution in [2.75, 3.05) is 26.2 Å². The van der Waals surface area contributed by atoms with Crippen LogP contribution in [0.2, 0.25) is 0 Å².